The second-order valence-electron chi connectivity index (χ2n) is 6.72. The standard InChI is InChI=1S/C21H18N4O3S3/c1-12-5-7-13(8-6-12)18(27)24-23-16(26)11-31-21-22-19-17(20(28)25(21)2)14(10-30-19)15-4-3-9-29-15/h3-10H,11H2,1-2H3,(H,23,26)(H,24,27). The summed E-state index contributed by atoms with van der Waals surface area (Å²) in [6.45, 7) is 1.93. The molecule has 10 heteroatoms. The quantitative estimate of drug-likeness (QED) is 0.264. The Labute approximate surface area is 190 Å². The summed E-state index contributed by atoms with van der Waals surface area (Å²) in [7, 11) is 1.64. The molecule has 0 spiro atoms. The molecule has 1 aromatic carbocycles. The van der Waals surface area contributed by atoms with Gasteiger partial charge in [0.15, 0.2) is 5.16 Å². The van der Waals surface area contributed by atoms with Gasteiger partial charge in [-0.2, -0.15) is 0 Å². The molecule has 0 saturated carbocycles. The van der Waals surface area contributed by atoms with Gasteiger partial charge in [-0.25, -0.2) is 4.98 Å². The Kier molecular flexibility index (Phi) is 6.21. The third-order valence-corrected chi connectivity index (χ3v) is 7.33. The number of carbonyl (C=O) groups is 2. The molecule has 2 N–H and O–H groups in total. The van der Waals surface area contributed by atoms with Crippen LogP contribution in [0, 0.1) is 6.92 Å². The van der Waals surface area contributed by atoms with Crippen molar-refractivity contribution in [2.75, 3.05) is 5.75 Å². The molecule has 3 aromatic heterocycles. The Bertz CT molecular complexity index is 1310. The zero-order valence-electron chi connectivity index (χ0n) is 16.7. The van der Waals surface area contributed by atoms with Crippen LogP contribution in [0.25, 0.3) is 20.7 Å². The Morgan fingerprint density at radius 2 is 1.90 bits per heavy atom. The first-order valence-electron chi connectivity index (χ1n) is 9.25. The van der Waals surface area contributed by atoms with Crippen molar-refractivity contribution in [3.63, 3.8) is 0 Å². The Balaban J connectivity index is 1.42. The molecule has 4 rings (SSSR count). The fourth-order valence-electron chi connectivity index (χ4n) is 2.87. The van der Waals surface area contributed by atoms with Crippen molar-refractivity contribution in [3.05, 3.63) is 68.6 Å². The predicted molar refractivity (Wildman–Crippen MR) is 126 cm³/mol. The van der Waals surface area contributed by atoms with E-state index in [1.807, 2.05) is 41.9 Å². The van der Waals surface area contributed by atoms with Gasteiger partial charge in [0.2, 0.25) is 5.91 Å². The molecule has 0 bridgehead atoms. The van der Waals surface area contributed by atoms with E-state index in [0.717, 1.165) is 27.8 Å². The molecule has 0 atom stereocenters. The predicted octanol–water partition coefficient (Wildman–Crippen LogP) is 3.59. The second kappa shape index (κ2) is 9.04. The van der Waals surface area contributed by atoms with Crippen molar-refractivity contribution < 1.29 is 9.59 Å². The smallest absolute Gasteiger partial charge is 0.269 e. The molecule has 3 heterocycles. The highest BCUT2D eigenvalue weighted by Gasteiger charge is 2.17. The monoisotopic (exact) mass is 470 g/mol. The number of thiophene rings is 2. The topological polar surface area (TPSA) is 93.1 Å². The van der Waals surface area contributed by atoms with Crippen molar-refractivity contribution in [2.45, 2.75) is 12.1 Å². The molecule has 2 amide bonds. The molecule has 0 unspecified atom stereocenters. The molecule has 7 nitrogen and oxygen atoms in total. The minimum atomic E-state index is -0.398. The maximum atomic E-state index is 12.9. The van der Waals surface area contributed by atoms with Crippen LogP contribution in [0.3, 0.4) is 0 Å². The molecule has 4 aromatic rings. The zero-order valence-corrected chi connectivity index (χ0v) is 19.1. The fourth-order valence-corrected chi connectivity index (χ4v) is 5.44. The largest absolute Gasteiger partial charge is 0.290 e. The third-order valence-electron chi connectivity index (χ3n) is 4.52. The summed E-state index contributed by atoms with van der Waals surface area (Å²) in [5.41, 5.74) is 7.01. The van der Waals surface area contributed by atoms with Gasteiger partial charge in [-0.3, -0.25) is 29.8 Å². The lowest BCUT2D eigenvalue weighted by Gasteiger charge is -2.09. The van der Waals surface area contributed by atoms with Crippen LogP contribution in [-0.2, 0) is 11.8 Å². The number of benzene rings is 1. The van der Waals surface area contributed by atoms with Crippen molar-refractivity contribution in [1.82, 2.24) is 20.4 Å². The summed E-state index contributed by atoms with van der Waals surface area (Å²) in [5, 5.41) is 4.94. The van der Waals surface area contributed by atoms with Gasteiger partial charge in [-0.1, -0.05) is 35.5 Å². The van der Waals surface area contributed by atoms with Crippen molar-refractivity contribution in [1.29, 1.82) is 0 Å². The van der Waals surface area contributed by atoms with Gasteiger partial charge < -0.3 is 0 Å². The number of amides is 2. The Morgan fingerprint density at radius 3 is 2.61 bits per heavy atom. The van der Waals surface area contributed by atoms with E-state index >= 15 is 0 Å². The Hall–Kier alpha value is -2.95. The van der Waals surface area contributed by atoms with Crippen LogP contribution < -0.4 is 16.4 Å². The zero-order chi connectivity index (χ0) is 22.0. The normalized spacial score (nSPS) is 10.9. The average molecular weight is 471 g/mol. The lowest BCUT2D eigenvalue weighted by molar-refractivity contribution is -0.119. The number of rotatable bonds is 5. The summed E-state index contributed by atoms with van der Waals surface area (Å²) < 4.78 is 1.45. The third kappa shape index (κ3) is 4.55. The fraction of sp³-hybridized carbons (Fsp3) is 0.143. The van der Waals surface area contributed by atoms with Crippen molar-refractivity contribution in [3.8, 4) is 10.4 Å². The highest BCUT2D eigenvalue weighted by atomic mass is 32.2. The number of carbonyl (C=O) groups excluding carboxylic acids is 2. The van der Waals surface area contributed by atoms with Gasteiger partial charge in [0.25, 0.3) is 11.5 Å². The number of nitrogens with one attached hydrogen (secondary N) is 2. The van der Waals surface area contributed by atoms with Gasteiger partial charge in [0, 0.05) is 28.4 Å². The minimum Gasteiger partial charge on any atom is -0.290 e. The first kappa shape index (κ1) is 21.3. The number of hydrazine groups is 1. The molecule has 0 aliphatic carbocycles. The minimum absolute atomic E-state index is 0.00310. The maximum absolute atomic E-state index is 12.9. The van der Waals surface area contributed by atoms with E-state index in [1.165, 1.54) is 15.9 Å². The molecular formula is C21H18N4O3S3. The van der Waals surface area contributed by atoms with E-state index in [-0.39, 0.29) is 11.3 Å². The molecule has 0 radical (unpaired) electrons. The first-order chi connectivity index (χ1) is 14.9. The van der Waals surface area contributed by atoms with Crippen LogP contribution >= 0.6 is 34.4 Å². The number of thioether (sulfide) groups is 1. The van der Waals surface area contributed by atoms with Crippen LogP contribution in [-0.4, -0.2) is 27.1 Å². The molecule has 0 fully saturated rings. The van der Waals surface area contributed by atoms with E-state index < -0.39 is 11.8 Å². The van der Waals surface area contributed by atoms with Gasteiger partial charge in [-0.05, 0) is 30.5 Å². The summed E-state index contributed by atoms with van der Waals surface area (Å²) >= 11 is 4.12. The van der Waals surface area contributed by atoms with Crippen molar-refractivity contribution >= 4 is 56.5 Å². The molecule has 0 saturated heterocycles. The molecule has 0 aliphatic rings. The lowest BCUT2D eigenvalue weighted by Crippen LogP contribution is -2.42. The second-order valence-corrected chi connectivity index (χ2v) is 9.47. The number of nitrogens with zero attached hydrogens (tertiary/aromatic N) is 2. The number of hydrogen-bond donors (Lipinski definition) is 2. The van der Waals surface area contributed by atoms with E-state index in [2.05, 4.69) is 15.8 Å². The number of fused-ring (bicyclic) bond motifs is 1. The van der Waals surface area contributed by atoms with E-state index in [1.54, 1.807) is 30.5 Å². The van der Waals surface area contributed by atoms with Crippen LogP contribution in [0.4, 0.5) is 0 Å². The highest BCUT2D eigenvalue weighted by Crippen LogP contribution is 2.34. The van der Waals surface area contributed by atoms with Gasteiger partial charge in [0.05, 0.1) is 11.1 Å². The SMILES string of the molecule is Cc1ccc(C(=O)NNC(=O)CSc2nc3scc(-c4cccs4)c3c(=O)n2C)cc1. The van der Waals surface area contributed by atoms with Gasteiger partial charge in [0.1, 0.15) is 4.83 Å². The molecule has 0 aliphatic heterocycles. The van der Waals surface area contributed by atoms with Gasteiger partial charge >= 0.3 is 0 Å². The number of aryl methyl sites for hydroxylation is 1. The van der Waals surface area contributed by atoms with Gasteiger partial charge in [-0.15, -0.1) is 22.7 Å². The summed E-state index contributed by atoms with van der Waals surface area (Å²) in [4.78, 5) is 43.4. The average Bonchev–Trinajstić information content (AvgIpc) is 3.43. The van der Waals surface area contributed by atoms with E-state index in [4.69, 9.17) is 0 Å². The molecule has 158 valence electrons. The summed E-state index contributed by atoms with van der Waals surface area (Å²) in [5.74, 6) is -0.793. The van der Waals surface area contributed by atoms with E-state index in [9.17, 15) is 14.4 Å². The van der Waals surface area contributed by atoms with Crippen LogP contribution in [0.5, 0.6) is 0 Å². The van der Waals surface area contributed by atoms with Crippen molar-refractivity contribution in [2.24, 2.45) is 7.05 Å². The molecular weight excluding hydrogens is 452 g/mol. The van der Waals surface area contributed by atoms with Crippen LogP contribution in [0.2, 0.25) is 0 Å². The number of aromatic nitrogens is 2. The van der Waals surface area contributed by atoms with Crippen LogP contribution in [0.1, 0.15) is 15.9 Å². The maximum Gasteiger partial charge on any atom is 0.269 e. The first-order valence-corrected chi connectivity index (χ1v) is 12.0. The summed E-state index contributed by atoms with van der Waals surface area (Å²) in [6.07, 6.45) is 0. The van der Waals surface area contributed by atoms with E-state index in [0.29, 0.717) is 20.9 Å². The highest BCUT2D eigenvalue weighted by molar-refractivity contribution is 7.99. The summed E-state index contributed by atoms with van der Waals surface area (Å²) in [6, 6.07) is 10.9. The van der Waals surface area contributed by atoms with Crippen LogP contribution in [0.15, 0.2) is 57.1 Å². The lowest BCUT2D eigenvalue weighted by atomic mass is 10.1. The number of hydrogen-bond acceptors (Lipinski definition) is 7. The Morgan fingerprint density at radius 1 is 1.13 bits per heavy atom. The molecule has 31 heavy (non-hydrogen) atoms.